The number of para-hydroxylation sites is 1. The van der Waals surface area contributed by atoms with Gasteiger partial charge in [-0.2, -0.15) is 5.10 Å². The summed E-state index contributed by atoms with van der Waals surface area (Å²) in [6.45, 7) is 5.66. The SMILES string of the molecule is CCN(CC)c1ccc(/C=N\NC(=O)COc2ccccc2-c2ccccc2)c(O)c1. The van der Waals surface area contributed by atoms with Gasteiger partial charge in [0, 0.05) is 36.0 Å². The van der Waals surface area contributed by atoms with Gasteiger partial charge in [-0.05, 0) is 37.6 Å². The molecule has 0 saturated carbocycles. The third kappa shape index (κ3) is 5.85. The Kier molecular flexibility index (Phi) is 7.65. The van der Waals surface area contributed by atoms with Gasteiger partial charge >= 0.3 is 0 Å². The number of phenolic OH excluding ortho intramolecular Hbond substituents is 1. The van der Waals surface area contributed by atoms with Crippen LogP contribution in [0.2, 0.25) is 0 Å². The number of nitrogens with zero attached hydrogens (tertiary/aromatic N) is 2. The molecule has 0 bridgehead atoms. The van der Waals surface area contributed by atoms with Crippen molar-refractivity contribution in [2.75, 3.05) is 24.6 Å². The van der Waals surface area contributed by atoms with Gasteiger partial charge in [0.2, 0.25) is 0 Å². The summed E-state index contributed by atoms with van der Waals surface area (Å²) in [5.41, 5.74) is 5.82. The van der Waals surface area contributed by atoms with Crippen LogP contribution in [-0.2, 0) is 4.79 Å². The molecular formula is C25H27N3O3. The molecule has 0 heterocycles. The monoisotopic (exact) mass is 417 g/mol. The predicted octanol–water partition coefficient (Wildman–Crippen LogP) is 4.43. The van der Waals surface area contributed by atoms with Crippen molar-refractivity contribution in [1.82, 2.24) is 5.43 Å². The number of carbonyl (C=O) groups is 1. The summed E-state index contributed by atoms with van der Waals surface area (Å²) in [6.07, 6.45) is 1.41. The van der Waals surface area contributed by atoms with Crippen LogP contribution in [-0.4, -0.2) is 36.9 Å². The van der Waals surface area contributed by atoms with Crippen molar-refractivity contribution in [2.24, 2.45) is 5.10 Å². The third-order valence-corrected chi connectivity index (χ3v) is 4.87. The molecule has 160 valence electrons. The van der Waals surface area contributed by atoms with Gasteiger partial charge in [-0.15, -0.1) is 0 Å². The summed E-state index contributed by atoms with van der Waals surface area (Å²) in [4.78, 5) is 14.3. The highest BCUT2D eigenvalue weighted by Crippen LogP contribution is 2.29. The summed E-state index contributed by atoms with van der Waals surface area (Å²) in [7, 11) is 0. The Hall–Kier alpha value is -3.80. The molecule has 3 aromatic rings. The second kappa shape index (κ2) is 10.8. The van der Waals surface area contributed by atoms with Crippen molar-refractivity contribution in [3.8, 4) is 22.6 Å². The quantitative estimate of drug-likeness (QED) is 0.399. The number of hydrogen-bond acceptors (Lipinski definition) is 5. The highest BCUT2D eigenvalue weighted by atomic mass is 16.5. The zero-order valence-corrected chi connectivity index (χ0v) is 17.8. The van der Waals surface area contributed by atoms with E-state index in [0.717, 1.165) is 29.9 Å². The number of phenols is 1. The van der Waals surface area contributed by atoms with Crippen LogP contribution in [0.1, 0.15) is 19.4 Å². The lowest BCUT2D eigenvalue weighted by Crippen LogP contribution is -2.24. The molecule has 0 saturated heterocycles. The lowest BCUT2D eigenvalue weighted by atomic mass is 10.1. The first-order chi connectivity index (χ1) is 15.1. The van der Waals surface area contributed by atoms with E-state index in [2.05, 4.69) is 29.3 Å². The molecule has 3 aromatic carbocycles. The zero-order chi connectivity index (χ0) is 22.1. The van der Waals surface area contributed by atoms with Gasteiger partial charge in [0.05, 0.1) is 6.21 Å². The fraction of sp³-hybridized carbons (Fsp3) is 0.200. The van der Waals surface area contributed by atoms with Gasteiger partial charge in [0.1, 0.15) is 11.5 Å². The van der Waals surface area contributed by atoms with Gasteiger partial charge in [-0.25, -0.2) is 5.43 Å². The van der Waals surface area contributed by atoms with E-state index in [1.807, 2.05) is 60.7 Å². The van der Waals surface area contributed by atoms with Crippen molar-refractivity contribution >= 4 is 17.8 Å². The second-order valence-electron chi connectivity index (χ2n) is 6.86. The molecule has 0 aliphatic rings. The van der Waals surface area contributed by atoms with Crippen molar-refractivity contribution in [2.45, 2.75) is 13.8 Å². The minimum Gasteiger partial charge on any atom is -0.507 e. The summed E-state index contributed by atoms with van der Waals surface area (Å²) < 4.78 is 5.71. The van der Waals surface area contributed by atoms with E-state index >= 15 is 0 Å². The molecule has 31 heavy (non-hydrogen) atoms. The number of carbonyl (C=O) groups excluding carboxylic acids is 1. The number of nitrogens with one attached hydrogen (secondary N) is 1. The third-order valence-electron chi connectivity index (χ3n) is 4.87. The standard InChI is InChI=1S/C25H27N3O3/c1-3-28(4-2)21-15-14-20(23(29)16-21)17-26-27-25(30)18-31-24-13-9-8-12-22(24)19-10-6-5-7-11-19/h5-17,29H,3-4,18H2,1-2H3,(H,27,30)/b26-17-. The van der Waals surface area contributed by atoms with Crippen molar-refractivity contribution in [3.63, 3.8) is 0 Å². The summed E-state index contributed by atoms with van der Waals surface area (Å²) in [5.74, 6) is 0.339. The molecule has 3 rings (SSSR count). The Morgan fingerprint density at radius 1 is 1.03 bits per heavy atom. The van der Waals surface area contributed by atoms with E-state index in [4.69, 9.17) is 4.74 Å². The van der Waals surface area contributed by atoms with Crippen molar-refractivity contribution in [3.05, 3.63) is 78.4 Å². The number of anilines is 1. The van der Waals surface area contributed by atoms with Crippen LogP contribution in [0.4, 0.5) is 5.69 Å². The zero-order valence-electron chi connectivity index (χ0n) is 17.8. The normalized spacial score (nSPS) is 10.8. The number of benzene rings is 3. The maximum absolute atomic E-state index is 12.1. The molecular weight excluding hydrogens is 390 g/mol. The van der Waals surface area contributed by atoms with Gasteiger partial charge in [0.25, 0.3) is 5.91 Å². The summed E-state index contributed by atoms with van der Waals surface area (Å²) in [5, 5.41) is 14.2. The molecule has 6 heteroatoms. The fourth-order valence-corrected chi connectivity index (χ4v) is 3.22. The largest absolute Gasteiger partial charge is 0.507 e. The molecule has 0 radical (unpaired) electrons. The highest BCUT2D eigenvalue weighted by molar-refractivity contribution is 5.86. The average Bonchev–Trinajstić information content (AvgIpc) is 2.80. The maximum atomic E-state index is 12.1. The van der Waals surface area contributed by atoms with Crippen molar-refractivity contribution in [1.29, 1.82) is 0 Å². The van der Waals surface area contributed by atoms with Crippen LogP contribution in [0.15, 0.2) is 77.9 Å². The minimum absolute atomic E-state index is 0.107. The second-order valence-corrected chi connectivity index (χ2v) is 6.86. The highest BCUT2D eigenvalue weighted by Gasteiger charge is 2.08. The van der Waals surface area contributed by atoms with Gasteiger partial charge in [-0.3, -0.25) is 4.79 Å². The average molecular weight is 418 g/mol. The molecule has 0 atom stereocenters. The maximum Gasteiger partial charge on any atom is 0.277 e. The van der Waals surface area contributed by atoms with E-state index in [-0.39, 0.29) is 12.4 Å². The number of rotatable bonds is 9. The van der Waals surface area contributed by atoms with Crippen LogP contribution < -0.4 is 15.1 Å². The lowest BCUT2D eigenvalue weighted by Gasteiger charge is -2.21. The summed E-state index contributed by atoms with van der Waals surface area (Å²) in [6, 6.07) is 22.8. The Balaban J connectivity index is 1.58. The first-order valence-electron chi connectivity index (χ1n) is 10.3. The van der Waals surface area contributed by atoms with Crippen LogP contribution in [0, 0.1) is 0 Å². The number of ether oxygens (including phenoxy) is 1. The Morgan fingerprint density at radius 2 is 1.74 bits per heavy atom. The van der Waals surface area contributed by atoms with Crippen LogP contribution in [0.5, 0.6) is 11.5 Å². The molecule has 0 aromatic heterocycles. The molecule has 0 spiro atoms. The van der Waals surface area contributed by atoms with Gasteiger partial charge in [0.15, 0.2) is 6.61 Å². The lowest BCUT2D eigenvalue weighted by molar-refractivity contribution is -0.123. The van der Waals surface area contributed by atoms with Crippen LogP contribution in [0.3, 0.4) is 0 Å². The number of hydrogen-bond donors (Lipinski definition) is 2. The Labute approximate surface area is 182 Å². The molecule has 0 fully saturated rings. The van der Waals surface area contributed by atoms with E-state index < -0.39 is 5.91 Å². The van der Waals surface area contributed by atoms with E-state index in [9.17, 15) is 9.90 Å². The number of hydrazone groups is 1. The van der Waals surface area contributed by atoms with E-state index in [1.165, 1.54) is 6.21 Å². The smallest absolute Gasteiger partial charge is 0.277 e. The van der Waals surface area contributed by atoms with E-state index in [0.29, 0.717) is 11.3 Å². The first kappa shape index (κ1) is 21.9. The van der Waals surface area contributed by atoms with Gasteiger partial charge in [-0.1, -0.05) is 48.5 Å². The molecule has 0 aliphatic carbocycles. The van der Waals surface area contributed by atoms with Gasteiger partial charge < -0.3 is 14.7 Å². The molecule has 6 nitrogen and oxygen atoms in total. The number of amides is 1. The predicted molar refractivity (Wildman–Crippen MR) is 125 cm³/mol. The fourth-order valence-electron chi connectivity index (χ4n) is 3.22. The molecule has 2 N–H and O–H groups in total. The number of aromatic hydroxyl groups is 1. The minimum atomic E-state index is -0.390. The first-order valence-corrected chi connectivity index (χ1v) is 10.3. The molecule has 0 aliphatic heterocycles. The molecule has 1 amide bonds. The molecule has 0 unspecified atom stereocenters. The Morgan fingerprint density at radius 3 is 2.45 bits per heavy atom. The van der Waals surface area contributed by atoms with Crippen LogP contribution in [0.25, 0.3) is 11.1 Å². The van der Waals surface area contributed by atoms with E-state index in [1.54, 1.807) is 12.1 Å². The Bertz CT molecular complexity index is 1030. The van der Waals surface area contributed by atoms with Crippen molar-refractivity contribution < 1.29 is 14.6 Å². The summed E-state index contributed by atoms with van der Waals surface area (Å²) >= 11 is 0. The topological polar surface area (TPSA) is 74.2 Å². The van der Waals surface area contributed by atoms with Crippen LogP contribution >= 0.6 is 0 Å².